The number of nitrogens with zero attached hydrogens (tertiary/aromatic N) is 5. The number of carboxylic acids is 1. The fourth-order valence-corrected chi connectivity index (χ4v) is 7.23. The zero-order valence-corrected chi connectivity index (χ0v) is 27.0. The predicted molar refractivity (Wildman–Crippen MR) is 171 cm³/mol. The van der Waals surface area contributed by atoms with Crippen LogP contribution in [0, 0.1) is 5.92 Å². The number of aromatic nitrogens is 3. The first-order chi connectivity index (χ1) is 22.2. The number of hydrogen-bond acceptors (Lipinski definition) is 9. The maximum atomic E-state index is 17.0. The summed E-state index contributed by atoms with van der Waals surface area (Å²) in [5.74, 6) is -0.550. The van der Waals surface area contributed by atoms with Crippen molar-refractivity contribution in [2.45, 2.75) is 63.3 Å². The molecule has 4 atom stereocenters. The number of fused-ring (bicyclic) bond motifs is 12. The molecule has 0 saturated carbocycles. The minimum atomic E-state index is -1.81. The molecule has 3 aromatic heterocycles. The van der Waals surface area contributed by atoms with E-state index in [-0.39, 0.29) is 56.2 Å². The summed E-state index contributed by atoms with van der Waals surface area (Å²) < 4.78 is 36.1. The molecule has 2 saturated heterocycles. The van der Waals surface area contributed by atoms with Gasteiger partial charge < -0.3 is 28.8 Å². The Bertz CT molecular complexity index is 1800. The topological polar surface area (TPSA) is 131 Å². The van der Waals surface area contributed by atoms with Crippen molar-refractivity contribution in [1.82, 2.24) is 19.9 Å². The van der Waals surface area contributed by atoms with Crippen molar-refractivity contribution in [3.8, 4) is 5.88 Å². The molecule has 1 N–H and O–H groups in total. The minimum Gasteiger partial charge on any atom is -0.480 e. The van der Waals surface area contributed by atoms with Crippen LogP contribution in [0.15, 0.2) is 45.4 Å². The summed E-state index contributed by atoms with van der Waals surface area (Å²) in [5, 5.41) is 11.2. The van der Waals surface area contributed by atoms with E-state index in [1.807, 2.05) is 24.3 Å². The molecule has 1 amide bonds. The Morgan fingerprint density at radius 1 is 1.15 bits per heavy atom. The van der Waals surface area contributed by atoms with E-state index in [1.54, 1.807) is 29.0 Å². The van der Waals surface area contributed by atoms with E-state index >= 15 is 4.39 Å². The number of pyridine rings is 1. The Balaban J connectivity index is 1.30. The highest BCUT2D eigenvalue weighted by Gasteiger charge is 2.47. The molecule has 2 fully saturated rings. The van der Waals surface area contributed by atoms with Crippen LogP contribution in [-0.2, 0) is 26.4 Å². The molecule has 242 valence electrons. The van der Waals surface area contributed by atoms with Crippen LogP contribution in [0.5, 0.6) is 5.88 Å². The van der Waals surface area contributed by atoms with Crippen LogP contribution in [0.25, 0.3) is 22.1 Å². The zero-order chi connectivity index (χ0) is 32.0. The van der Waals surface area contributed by atoms with E-state index < -0.39 is 29.7 Å². The van der Waals surface area contributed by atoms with E-state index in [4.69, 9.17) is 23.9 Å². The molecule has 4 aromatic rings. The minimum absolute atomic E-state index is 0.0593. The van der Waals surface area contributed by atoms with Gasteiger partial charge in [-0.2, -0.15) is 0 Å². The number of carboxylic acid groups (broad SMARTS) is 1. The smallest absolute Gasteiger partial charge is 0.326 e. The number of furan rings is 1. The Morgan fingerprint density at radius 2 is 2.00 bits per heavy atom. The number of aryl methyl sites for hydroxylation is 1. The van der Waals surface area contributed by atoms with Gasteiger partial charge in [0.15, 0.2) is 11.4 Å². The van der Waals surface area contributed by atoms with Crippen molar-refractivity contribution >= 4 is 55.7 Å². The lowest BCUT2D eigenvalue weighted by molar-refractivity contribution is -0.139. The summed E-state index contributed by atoms with van der Waals surface area (Å²) in [6, 6.07) is 8.25. The molecule has 4 aliphatic rings. The van der Waals surface area contributed by atoms with Crippen LogP contribution in [0.3, 0.4) is 0 Å². The standard InChI is InChI=1S/C33H35BrFN5O6/c1-19-17-39-11-10-33(19,35)23-14-20(34)16-36-31(23)45-21-15-24(32(42)43)40(18-21)30-29-28(22-6-2-3-7-25(22)46-29)37-26(38-30)8-4-5-12-44-13-9-27(39)41/h2-3,6-7,14,16,19,21,24H,4-5,8-13,15,17-18H2,1H3,(H,42,43)/t19-,21-,24-,33+/m0/s1. The number of alkyl halides is 1. The normalized spacial score (nSPS) is 26.2. The van der Waals surface area contributed by atoms with Crippen molar-refractivity contribution in [1.29, 1.82) is 0 Å². The third-order valence-electron chi connectivity index (χ3n) is 9.38. The molecule has 0 aliphatic carbocycles. The van der Waals surface area contributed by atoms with Crippen molar-refractivity contribution in [2.24, 2.45) is 5.92 Å². The van der Waals surface area contributed by atoms with Crippen molar-refractivity contribution in [2.75, 3.05) is 37.7 Å². The molecule has 8 rings (SSSR count). The monoisotopic (exact) mass is 695 g/mol. The number of piperidine rings is 1. The number of amides is 1. The van der Waals surface area contributed by atoms with E-state index in [0.717, 1.165) is 18.2 Å². The molecular formula is C33H35BrFN5O6. The van der Waals surface area contributed by atoms with Gasteiger partial charge in [0.25, 0.3) is 0 Å². The second-order valence-electron chi connectivity index (χ2n) is 12.4. The van der Waals surface area contributed by atoms with Gasteiger partial charge in [0.1, 0.15) is 34.7 Å². The molecule has 1 aromatic carbocycles. The maximum absolute atomic E-state index is 17.0. The second kappa shape index (κ2) is 12.4. The van der Waals surface area contributed by atoms with Gasteiger partial charge in [-0.1, -0.05) is 19.1 Å². The number of benzene rings is 1. The number of carbonyl (C=O) groups excluding carboxylic acids is 1. The molecule has 46 heavy (non-hydrogen) atoms. The number of carbonyl (C=O) groups is 2. The summed E-state index contributed by atoms with van der Waals surface area (Å²) in [7, 11) is 0. The summed E-state index contributed by atoms with van der Waals surface area (Å²) in [4.78, 5) is 43.2. The SMILES string of the molecule is C[C@H]1CN2CC[C@]1(F)c1cc(Br)cnc1O[C@H]1C[C@@H](C(=O)O)N(C1)c1nc(nc3c1oc1ccccc13)CCCCOCCC2=O. The summed E-state index contributed by atoms with van der Waals surface area (Å²) in [6.07, 6.45) is 3.38. The third kappa shape index (κ3) is 5.68. The van der Waals surface area contributed by atoms with Gasteiger partial charge in [-0.15, -0.1) is 0 Å². The van der Waals surface area contributed by atoms with Crippen LogP contribution in [0.2, 0.25) is 0 Å². The number of rotatable bonds is 1. The van der Waals surface area contributed by atoms with E-state index in [1.165, 1.54) is 0 Å². The number of aliphatic carboxylic acids is 1. The molecule has 0 spiro atoms. The lowest BCUT2D eigenvalue weighted by Gasteiger charge is -2.42. The lowest BCUT2D eigenvalue weighted by Crippen LogP contribution is -2.49. The number of halogens is 2. The van der Waals surface area contributed by atoms with E-state index in [0.29, 0.717) is 52.4 Å². The number of para-hydroxylation sites is 1. The molecule has 11 nitrogen and oxygen atoms in total. The molecule has 0 radical (unpaired) electrons. The fourth-order valence-electron chi connectivity index (χ4n) is 6.90. The molecule has 13 heteroatoms. The Morgan fingerprint density at radius 3 is 2.83 bits per heavy atom. The van der Waals surface area contributed by atoms with Gasteiger partial charge in [-0.3, -0.25) is 4.79 Å². The van der Waals surface area contributed by atoms with Crippen LogP contribution in [0.4, 0.5) is 10.2 Å². The van der Waals surface area contributed by atoms with Gasteiger partial charge >= 0.3 is 5.97 Å². The van der Waals surface area contributed by atoms with Crippen LogP contribution in [-0.4, -0.2) is 81.8 Å². The molecule has 0 unspecified atom stereocenters. The quantitative estimate of drug-likeness (QED) is 0.275. The van der Waals surface area contributed by atoms with E-state index in [2.05, 4.69) is 20.9 Å². The van der Waals surface area contributed by atoms with Gasteiger partial charge in [0.05, 0.1) is 25.1 Å². The van der Waals surface area contributed by atoms with Crippen molar-refractivity contribution in [3.05, 3.63) is 52.4 Å². The average molecular weight is 697 g/mol. The van der Waals surface area contributed by atoms with Gasteiger partial charge in [0, 0.05) is 60.9 Å². The molecular weight excluding hydrogens is 661 g/mol. The van der Waals surface area contributed by atoms with Gasteiger partial charge in [-0.25, -0.2) is 24.1 Å². The van der Waals surface area contributed by atoms with E-state index in [9.17, 15) is 14.7 Å². The van der Waals surface area contributed by atoms with Gasteiger partial charge in [0.2, 0.25) is 11.8 Å². The first kappa shape index (κ1) is 30.8. The van der Waals surface area contributed by atoms with Crippen molar-refractivity contribution < 1.29 is 33.0 Å². The van der Waals surface area contributed by atoms with Crippen LogP contribution >= 0.6 is 15.9 Å². The predicted octanol–water partition coefficient (Wildman–Crippen LogP) is 5.42. The largest absolute Gasteiger partial charge is 0.480 e. The highest BCUT2D eigenvalue weighted by molar-refractivity contribution is 9.10. The van der Waals surface area contributed by atoms with Gasteiger partial charge in [-0.05, 0) is 47.0 Å². The Kier molecular flexibility index (Phi) is 8.30. The molecule has 7 heterocycles. The summed E-state index contributed by atoms with van der Waals surface area (Å²) >= 11 is 3.44. The number of hydrogen-bond donors (Lipinski definition) is 1. The summed E-state index contributed by atoms with van der Waals surface area (Å²) in [5.41, 5.74) is 0.128. The van der Waals surface area contributed by atoms with Crippen LogP contribution in [0.1, 0.15) is 50.4 Å². The Labute approximate surface area is 273 Å². The average Bonchev–Trinajstić information content (AvgIpc) is 3.64. The highest BCUT2D eigenvalue weighted by atomic mass is 79.9. The highest BCUT2D eigenvalue weighted by Crippen LogP contribution is 2.46. The first-order valence-corrected chi connectivity index (χ1v) is 16.6. The third-order valence-corrected chi connectivity index (χ3v) is 9.82. The van der Waals surface area contributed by atoms with Crippen LogP contribution < -0.4 is 9.64 Å². The molecule has 4 aliphatic heterocycles. The fraction of sp³-hybridized carbons (Fsp3) is 0.485. The first-order valence-electron chi connectivity index (χ1n) is 15.8. The number of ether oxygens (including phenoxy) is 2. The summed E-state index contributed by atoms with van der Waals surface area (Å²) in [6.45, 7) is 3.23. The lowest BCUT2D eigenvalue weighted by atomic mass is 9.78. The molecule has 6 bridgehead atoms. The maximum Gasteiger partial charge on any atom is 0.326 e. The Hall–Kier alpha value is -3.84. The van der Waals surface area contributed by atoms with Crippen molar-refractivity contribution in [3.63, 3.8) is 0 Å². The zero-order valence-electron chi connectivity index (χ0n) is 25.5. The number of anilines is 1. The second-order valence-corrected chi connectivity index (χ2v) is 13.3.